The van der Waals surface area contributed by atoms with Crippen molar-refractivity contribution in [3.63, 3.8) is 0 Å². The Kier molecular flexibility index (Phi) is 56.8. The number of aliphatic hydroxyl groups is 2. The van der Waals surface area contributed by atoms with Crippen LogP contribution in [0.2, 0.25) is 0 Å². The van der Waals surface area contributed by atoms with Crippen LogP contribution in [0.1, 0.15) is 252 Å². The number of phosphoric acid groups is 2. The van der Waals surface area contributed by atoms with E-state index in [0.29, 0.717) is 19.3 Å². The number of carbonyl (C=O) groups is 3. The molecule has 0 aliphatic rings. The van der Waals surface area contributed by atoms with Crippen LogP contribution in [-0.4, -0.2) is 95.9 Å². The molecular weight excluding hydrogens is 1100 g/mol. The number of aliphatic hydroxyl groups excluding tert-OH is 2. The van der Waals surface area contributed by atoms with Crippen molar-refractivity contribution in [3.05, 3.63) is 85.1 Å². The Balaban J connectivity index is 4.62. The standard InChI is InChI=1S/C65H114O16P2/c1-4-7-10-13-16-19-22-24-26-27-28-29-30-31-33-35-37-39-42-45-48-51-63(68)75-54-60(66)55-77-82(71,72)78-56-61(67)57-79-83(73,74)80-59-62(81-65(70)53-50-47-44-41-36-21-18-15-12-9-6-3)58-76-64(69)52-49-46-43-40-38-34-32-25-23-20-17-14-11-8-5-2/h7,10,15-16,18-19,24,26,28-29,31,33,37,39,60-62,66-67H,4-6,8-9,11-14,17,20-23,25,27,30,32,34-36,38,40-59H2,1-3H3,(H,71,72)(H,73,74)/b10-7-,18-15-,19-16-,26-24-,29-28-,33-31-,39-37-. The molecule has 0 aliphatic carbocycles. The SMILES string of the molecule is CC/C=C\C/C=C\C/C=C\C/C=C\C/C=C\C/C=C\CCCCC(=O)OCC(O)COP(=O)(O)OCC(O)COP(=O)(O)OCC(COC(=O)CCCCCCCCCCCCCCCCC)OC(=O)CCCCCCC/C=C\CCCC. The lowest BCUT2D eigenvalue weighted by molar-refractivity contribution is -0.161. The van der Waals surface area contributed by atoms with E-state index in [-0.39, 0.29) is 19.3 Å². The average molecular weight is 1210 g/mol. The van der Waals surface area contributed by atoms with Gasteiger partial charge in [0.2, 0.25) is 0 Å². The first kappa shape index (κ1) is 79.7. The number of allylic oxidation sites excluding steroid dienone is 14. The summed E-state index contributed by atoms with van der Waals surface area (Å²) in [7, 11) is -9.77. The molecule has 0 heterocycles. The van der Waals surface area contributed by atoms with E-state index in [4.69, 9.17) is 32.3 Å². The Morgan fingerprint density at radius 3 is 1.08 bits per heavy atom. The molecule has 18 heteroatoms. The third kappa shape index (κ3) is 60.2. The summed E-state index contributed by atoms with van der Waals surface area (Å²) in [6.07, 6.45) is 60.8. The number of ether oxygens (including phenoxy) is 3. The zero-order valence-corrected chi connectivity index (χ0v) is 53.4. The summed E-state index contributed by atoms with van der Waals surface area (Å²) in [6, 6.07) is 0. The molecule has 0 radical (unpaired) electrons. The maximum Gasteiger partial charge on any atom is 0.472 e. The normalized spacial score (nSPS) is 14.9. The minimum Gasteiger partial charge on any atom is -0.463 e. The van der Waals surface area contributed by atoms with E-state index in [2.05, 4.69) is 106 Å². The van der Waals surface area contributed by atoms with Crippen LogP contribution in [0.25, 0.3) is 0 Å². The highest BCUT2D eigenvalue weighted by Crippen LogP contribution is 2.45. The lowest BCUT2D eigenvalue weighted by Crippen LogP contribution is -2.30. The second-order valence-corrected chi connectivity index (χ2v) is 24.1. The Bertz CT molecular complexity index is 1860. The number of esters is 3. The number of carbonyl (C=O) groups excluding carboxylic acids is 3. The molecule has 0 aromatic heterocycles. The molecular formula is C65H114O16P2. The zero-order chi connectivity index (χ0) is 61.0. The summed E-state index contributed by atoms with van der Waals surface area (Å²) in [5, 5.41) is 20.5. The van der Waals surface area contributed by atoms with E-state index >= 15 is 0 Å². The summed E-state index contributed by atoms with van der Waals surface area (Å²) in [4.78, 5) is 58.1. The van der Waals surface area contributed by atoms with E-state index < -0.39 is 91.5 Å². The molecule has 83 heavy (non-hydrogen) atoms. The highest BCUT2D eigenvalue weighted by atomic mass is 31.2. The summed E-state index contributed by atoms with van der Waals surface area (Å²) >= 11 is 0. The van der Waals surface area contributed by atoms with Crippen molar-refractivity contribution in [1.29, 1.82) is 0 Å². The second-order valence-electron chi connectivity index (χ2n) is 21.2. The van der Waals surface area contributed by atoms with Gasteiger partial charge in [-0.05, 0) is 89.9 Å². The Morgan fingerprint density at radius 2 is 0.651 bits per heavy atom. The van der Waals surface area contributed by atoms with Crippen molar-refractivity contribution in [1.82, 2.24) is 0 Å². The molecule has 0 aliphatic heterocycles. The molecule has 16 nitrogen and oxygen atoms in total. The lowest BCUT2D eigenvalue weighted by Gasteiger charge is -2.21. The van der Waals surface area contributed by atoms with Crippen molar-refractivity contribution in [3.8, 4) is 0 Å². The fraction of sp³-hybridized carbons (Fsp3) is 0.738. The fourth-order valence-corrected chi connectivity index (χ4v) is 9.79. The number of hydrogen-bond donors (Lipinski definition) is 4. The summed E-state index contributed by atoms with van der Waals surface area (Å²) in [5.41, 5.74) is 0. The second kappa shape index (κ2) is 59.1. The topological polar surface area (TPSA) is 231 Å². The number of hydrogen-bond acceptors (Lipinski definition) is 14. The van der Waals surface area contributed by atoms with Gasteiger partial charge in [-0.15, -0.1) is 0 Å². The van der Waals surface area contributed by atoms with Gasteiger partial charge in [-0.1, -0.05) is 228 Å². The van der Waals surface area contributed by atoms with E-state index in [1.807, 2.05) is 0 Å². The van der Waals surface area contributed by atoms with E-state index in [1.165, 1.54) is 83.5 Å². The molecule has 4 N–H and O–H groups in total. The number of phosphoric ester groups is 2. The third-order valence-corrected chi connectivity index (χ3v) is 15.0. The van der Waals surface area contributed by atoms with Crippen LogP contribution in [0, 0.1) is 0 Å². The Morgan fingerprint density at radius 1 is 0.349 bits per heavy atom. The predicted molar refractivity (Wildman–Crippen MR) is 334 cm³/mol. The van der Waals surface area contributed by atoms with Gasteiger partial charge in [-0.3, -0.25) is 32.5 Å². The molecule has 0 bridgehead atoms. The highest BCUT2D eigenvalue weighted by Gasteiger charge is 2.29. The van der Waals surface area contributed by atoms with Crippen LogP contribution >= 0.6 is 15.6 Å². The first-order valence-electron chi connectivity index (χ1n) is 31.9. The van der Waals surface area contributed by atoms with Gasteiger partial charge in [0.25, 0.3) is 0 Å². The minimum absolute atomic E-state index is 0.0954. The molecule has 0 amide bonds. The van der Waals surface area contributed by atoms with Gasteiger partial charge in [-0.2, -0.15) is 0 Å². The monoisotopic (exact) mass is 1210 g/mol. The minimum atomic E-state index is -4.92. The van der Waals surface area contributed by atoms with Gasteiger partial charge >= 0.3 is 33.6 Å². The van der Waals surface area contributed by atoms with Gasteiger partial charge in [0.05, 0.1) is 26.4 Å². The van der Waals surface area contributed by atoms with Crippen LogP contribution in [0.3, 0.4) is 0 Å². The first-order valence-corrected chi connectivity index (χ1v) is 34.9. The molecule has 5 unspecified atom stereocenters. The van der Waals surface area contributed by atoms with Crippen molar-refractivity contribution < 1.29 is 75.8 Å². The van der Waals surface area contributed by atoms with E-state index in [0.717, 1.165) is 109 Å². The van der Waals surface area contributed by atoms with E-state index in [1.54, 1.807) is 0 Å². The Labute approximate surface area is 502 Å². The maximum absolute atomic E-state index is 12.8. The molecule has 5 atom stereocenters. The van der Waals surface area contributed by atoms with Crippen LogP contribution < -0.4 is 0 Å². The molecule has 480 valence electrons. The molecule has 0 aromatic carbocycles. The van der Waals surface area contributed by atoms with E-state index in [9.17, 15) is 43.5 Å². The van der Waals surface area contributed by atoms with Crippen LogP contribution in [0.4, 0.5) is 0 Å². The zero-order valence-electron chi connectivity index (χ0n) is 51.6. The summed E-state index contributed by atoms with van der Waals surface area (Å²) in [5.74, 6) is -1.62. The largest absolute Gasteiger partial charge is 0.472 e. The summed E-state index contributed by atoms with van der Waals surface area (Å²) in [6.45, 7) is 2.45. The van der Waals surface area contributed by atoms with Crippen molar-refractivity contribution in [2.24, 2.45) is 0 Å². The molecule has 0 aromatic rings. The van der Waals surface area contributed by atoms with Crippen LogP contribution in [-0.2, 0) is 55.8 Å². The van der Waals surface area contributed by atoms with Crippen molar-refractivity contribution >= 4 is 33.6 Å². The quantitative estimate of drug-likeness (QED) is 0.0146. The highest BCUT2D eigenvalue weighted by molar-refractivity contribution is 7.47. The van der Waals surface area contributed by atoms with Crippen molar-refractivity contribution in [2.75, 3.05) is 39.6 Å². The smallest absolute Gasteiger partial charge is 0.463 e. The number of rotatable bonds is 60. The summed E-state index contributed by atoms with van der Waals surface area (Å²) < 4.78 is 60.6. The fourth-order valence-electron chi connectivity index (χ4n) is 8.20. The van der Waals surface area contributed by atoms with Gasteiger partial charge in [-0.25, -0.2) is 9.13 Å². The molecule has 0 fully saturated rings. The number of unbranched alkanes of at least 4 members (excludes halogenated alkanes) is 23. The van der Waals surface area contributed by atoms with Crippen LogP contribution in [0.15, 0.2) is 85.1 Å². The maximum atomic E-state index is 12.8. The third-order valence-electron chi connectivity index (χ3n) is 13.1. The van der Waals surface area contributed by atoms with Crippen LogP contribution in [0.5, 0.6) is 0 Å². The molecule has 0 saturated heterocycles. The van der Waals surface area contributed by atoms with Gasteiger partial charge < -0.3 is 34.2 Å². The molecule has 0 rings (SSSR count). The average Bonchev–Trinajstić information content (AvgIpc) is 3.46. The lowest BCUT2D eigenvalue weighted by atomic mass is 10.0. The van der Waals surface area contributed by atoms with Gasteiger partial charge in [0.15, 0.2) is 6.10 Å². The van der Waals surface area contributed by atoms with Gasteiger partial charge in [0.1, 0.15) is 25.4 Å². The first-order chi connectivity index (χ1) is 40.2. The predicted octanol–water partition coefficient (Wildman–Crippen LogP) is 17.0. The molecule has 0 spiro atoms. The molecule has 0 saturated carbocycles. The van der Waals surface area contributed by atoms with Crippen molar-refractivity contribution in [2.45, 2.75) is 270 Å². The Hall–Kier alpha value is -3.27. The van der Waals surface area contributed by atoms with Gasteiger partial charge in [0, 0.05) is 19.3 Å².